The van der Waals surface area contributed by atoms with E-state index in [0.717, 1.165) is 71.8 Å². The van der Waals surface area contributed by atoms with Gasteiger partial charge in [-0.15, -0.1) is 22.7 Å². The molecule has 0 bridgehead atoms. The average molecular weight is 947 g/mol. The number of thiophene rings is 2. The fraction of sp³-hybridized carbons (Fsp3) is 0.277. The second kappa shape index (κ2) is 21.8. The van der Waals surface area contributed by atoms with Gasteiger partial charge in [0, 0.05) is 25.3 Å². The maximum atomic E-state index is 12.9. The summed E-state index contributed by atoms with van der Waals surface area (Å²) in [6.07, 6.45) is -8.99. The maximum absolute atomic E-state index is 12.9. The van der Waals surface area contributed by atoms with Crippen LogP contribution in [0.3, 0.4) is 0 Å². The van der Waals surface area contributed by atoms with Gasteiger partial charge in [-0.25, -0.2) is 9.59 Å². The highest BCUT2D eigenvalue weighted by Gasteiger charge is 2.31. The molecule has 2 N–H and O–H groups in total. The van der Waals surface area contributed by atoms with Crippen molar-refractivity contribution in [2.45, 2.75) is 70.7 Å². The summed E-state index contributed by atoms with van der Waals surface area (Å²) in [5, 5.41) is 17.9. The van der Waals surface area contributed by atoms with Gasteiger partial charge in [-0.3, -0.25) is 0 Å². The number of hydrogen-bond donors (Lipinski definition) is 2. The van der Waals surface area contributed by atoms with E-state index in [-0.39, 0.29) is 6.10 Å². The number of carbonyl (C=O) groups is 2. The smallest absolute Gasteiger partial charge is 0.416 e. The Morgan fingerprint density at radius 3 is 1.61 bits per heavy atom. The minimum absolute atomic E-state index is 0.275. The number of aryl methyl sites for hydroxylation is 2. The van der Waals surface area contributed by atoms with E-state index < -0.39 is 48.6 Å². The van der Waals surface area contributed by atoms with Crippen LogP contribution in [0.1, 0.15) is 64.4 Å². The first-order chi connectivity index (χ1) is 30.2. The SMILES string of the molecule is Cc1cc(OC(C)c2ccc(-c3ccc(C(F)(F)F)cc3)s2)ccc1OCC(=O)O.Cc1cc(OCc2sc(-c3ccc(C(F)(F)F)cc3)cc2CSC(C)C)ccc1OCC(=O)O. The minimum Gasteiger partial charge on any atom is -0.488 e. The van der Waals surface area contributed by atoms with Crippen LogP contribution in [0.5, 0.6) is 23.0 Å². The zero-order valence-electron chi connectivity index (χ0n) is 35.1. The summed E-state index contributed by atoms with van der Waals surface area (Å²) >= 11 is 4.74. The third kappa shape index (κ3) is 14.4. The number of ether oxygens (including phenoxy) is 4. The topological polar surface area (TPSA) is 112 Å². The van der Waals surface area contributed by atoms with Crippen molar-refractivity contribution < 1.29 is 65.1 Å². The van der Waals surface area contributed by atoms with Crippen molar-refractivity contribution in [3.05, 3.63) is 141 Å². The van der Waals surface area contributed by atoms with Crippen LogP contribution in [-0.2, 0) is 34.3 Å². The van der Waals surface area contributed by atoms with E-state index in [4.69, 9.17) is 29.2 Å². The zero-order chi connectivity index (χ0) is 46.8. The van der Waals surface area contributed by atoms with E-state index in [1.165, 1.54) is 46.9 Å². The molecular weight excluding hydrogens is 903 g/mol. The number of thioether (sulfide) groups is 1. The third-order valence-electron chi connectivity index (χ3n) is 9.17. The zero-order valence-corrected chi connectivity index (χ0v) is 37.6. The molecule has 340 valence electrons. The summed E-state index contributed by atoms with van der Waals surface area (Å²) in [5.74, 6) is 0.842. The highest BCUT2D eigenvalue weighted by molar-refractivity contribution is 7.99. The largest absolute Gasteiger partial charge is 0.488 e. The number of hydrogen-bond acceptors (Lipinski definition) is 9. The van der Waals surface area contributed by atoms with Crippen LogP contribution in [-0.4, -0.2) is 40.6 Å². The van der Waals surface area contributed by atoms with Crippen LogP contribution in [0.15, 0.2) is 103 Å². The molecule has 0 saturated heterocycles. The first-order valence-corrected chi connectivity index (χ1v) is 22.2. The lowest BCUT2D eigenvalue weighted by atomic mass is 10.1. The lowest BCUT2D eigenvalue weighted by Gasteiger charge is -2.15. The number of benzene rings is 4. The van der Waals surface area contributed by atoms with Crippen molar-refractivity contribution in [3.63, 3.8) is 0 Å². The molecule has 8 nitrogen and oxygen atoms in total. The second-order valence-electron chi connectivity index (χ2n) is 14.5. The molecule has 6 rings (SSSR count). The highest BCUT2D eigenvalue weighted by atomic mass is 32.2. The van der Waals surface area contributed by atoms with Crippen molar-refractivity contribution in [1.29, 1.82) is 0 Å². The van der Waals surface area contributed by atoms with Crippen molar-refractivity contribution in [3.8, 4) is 43.9 Å². The Labute approximate surface area is 378 Å². The van der Waals surface area contributed by atoms with Gasteiger partial charge in [0.1, 0.15) is 35.7 Å². The van der Waals surface area contributed by atoms with Gasteiger partial charge in [0.2, 0.25) is 0 Å². The van der Waals surface area contributed by atoms with Gasteiger partial charge in [0.05, 0.1) is 11.1 Å². The Morgan fingerprint density at radius 2 is 1.12 bits per heavy atom. The van der Waals surface area contributed by atoms with Gasteiger partial charge in [0.25, 0.3) is 0 Å². The highest BCUT2D eigenvalue weighted by Crippen LogP contribution is 2.39. The molecule has 6 aromatic rings. The molecule has 0 aliphatic heterocycles. The van der Waals surface area contributed by atoms with E-state index in [0.29, 0.717) is 40.4 Å². The van der Waals surface area contributed by atoms with Crippen molar-refractivity contribution >= 4 is 46.4 Å². The number of halogens is 6. The maximum Gasteiger partial charge on any atom is 0.416 e. The fourth-order valence-electron chi connectivity index (χ4n) is 5.90. The van der Waals surface area contributed by atoms with Crippen LogP contribution in [0.4, 0.5) is 26.3 Å². The van der Waals surface area contributed by atoms with Crippen LogP contribution >= 0.6 is 34.4 Å². The summed E-state index contributed by atoms with van der Waals surface area (Å²) < 4.78 is 99.3. The molecule has 4 aromatic carbocycles. The molecule has 0 fully saturated rings. The third-order valence-corrected chi connectivity index (χ3v) is 12.8. The summed E-state index contributed by atoms with van der Waals surface area (Å²) in [6, 6.07) is 26.3. The number of rotatable bonds is 17. The molecule has 0 amide bonds. The molecule has 2 heterocycles. The van der Waals surface area contributed by atoms with Crippen LogP contribution in [0.2, 0.25) is 0 Å². The number of carboxylic acids is 2. The van der Waals surface area contributed by atoms with Crippen molar-refractivity contribution in [2.24, 2.45) is 0 Å². The number of alkyl halides is 6. The quantitative estimate of drug-likeness (QED) is 0.0863. The van der Waals surface area contributed by atoms with Gasteiger partial charge < -0.3 is 29.2 Å². The molecule has 0 saturated carbocycles. The Kier molecular flexibility index (Phi) is 16.8. The summed E-state index contributed by atoms with van der Waals surface area (Å²) in [5.41, 5.74) is 2.70. The normalized spacial score (nSPS) is 12.0. The van der Waals surface area contributed by atoms with Crippen molar-refractivity contribution in [2.75, 3.05) is 13.2 Å². The first kappa shape index (κ1) is 49.4. The molecule has 0 aliphatic carbocycles. The summed E-state index contributed by atoms with van der Waals surface area (Å²) in [7, 11) is 0. The molecule has 0 aliphatic rings. The van der Waals surface area contributed by atoms with Crippen molar-refractivity contribution in [1.82, 2.24) is 0 Å². The molecule has 17 heteroatoms. The standard InChI is InChI=1S/C25H25F3O4S2.C22H19F3O4S/c1-15(2)33-14-18-11-22(17-4-6-19(7-5-17)25(26,27)28)34-23(18)12-31-20-8-9-21(16(3)10-20)32-13-24(29)30;1-13-11-17(7-8-18(13)28-12-21(26)27)29-14(2)19-9-10-20(30-19)15-3-5-16(6-4-15)22(23,24)25/h4-11,15H,12-14H2,1-3H3,(H,29,30);3-11,14H,12H2,1-2H3,(H,26,27). The predicted molar refractivity (Wildman–Crippen MR) is 238 cm³/mol. The van der Waals surface area contributed by atoms with E-state index in [2.05, 4.69) is 13.8 Å². The van der Waals surface area contributed by atoms with Gasteiger partial charge in [-0.1, -0.05) is 38.1 Å². The van der Waals surface area contributed by atoms with Gasteiger partial charge in [-0.2, -0.15) is 38.1 Å². The van der Waals surface area contributed by atoms with E-state index >= 15 is 0 Å². The summed E-state index contributed by atoms with van der Waals surface area (Å²) in [6.45, 7) is 9.19. The second-order valence-corrected chi connectivity index (χ2v) is 18.4. The molecule has 64 heavy (non-hydrogen) atoms. The van der Waals surface area contributed by atoms with E-state index in [1.807, 2.05) is 32.0 Å². The fourth-order valence-corrected chi connectivity index (χ4v) is 8.86. The molecular formula is C47H44F6O8S3. The van der Waals surface area contributed by atoms with Gasteiger partial charge >= 0.3 is 24.3 Å². The first-order valence-electron chi connectivity index (χ1n) is 19.5. The van der Waals surface area contributed by atoms with Gasteiger partial charge in [-0.05, 0) is 133 Å². The van der Waals surface area contributed by atoms with E-state index in [1.54, 1.807) is 55.1 Å². The Bertz CT molecular complexity index is 2490. The molecule has 1 unspecified atom stereocenters. The van der Waals surface area contributed by atoms with Gasteiger partial charge in [0.15, 0.2) is 13.2 Å². The van der Waals surface area contributed by atoms with Crippen LogP contribution < -0.4 is 18.9 Å². The van der Waals surface area contributed by atoms with Crippen LogP contribution in [0.25, 0.3) is 20.9 Å². The lowest BCUT2D eigenvalue weighted by molar-refractivity contribution is -0.140. The Hall–Kier alpha value is -5.65. The van der Waals surface area contributed by atoms with Crippen LogP contribution in [0, 0.1) is 13.8 Å². The lowest BCUT2D eigenvalue weighted by Crippen LogP contribution is -2.10. The average Bonchev–Trinajstić information content (AvgIpc) is 3.89. The molecule has 1 atom stereocenters. The molecule has 2 aromatic heterocycles. The minimum atomic E-state index is -4.36. The molecule has 0 spiro atoms. The Balaban J connectivity index is 0.000000243. The Morgan fingerprint density at radius 1 is 0.625 bits per heavy atom. The monoisotopic (exact) mass is 946 g/mol. The number of aliphatic carboxylic acids is 2. The van der Waals surface area contributed by atoms with E-state index in [9.17, 15) is 35.9 Å². The predicted octanol–water partition coefficient (Wildman–Crippen LogP) is 13.8. The number of carboxylic acid groups (broad SMARTS) is 2. The summed E-state index contributed by atoms with van der Waals surface area (Å²) in [4.78, 5) is 25.0. The molecule has 0 radical (unpaired) electrons.